The Morgan fingerprint density at radius 1 is 1.48 bits per heavy atom. The molecular formula is C17H24ClN3O4. The van der Waals surface area contributed by atoms with Crippen LogP contribution in [0.1, 0.15) is 18.5 Å². The first-order valence-corrected chi connectivity index (χ1v) is 8.56. The Kier molecular flexibility index (Phi) is 7.04. The summed E-state index contributed by atoms with van der Waals surface area (Å²) in [5.74, 6) is -0.888. The van der Waals surface area contributed by atoms with E-state index in [1.165, 1.54) is 0 Å². The van der Waals surface area contributed by atoms with Gasteiger partial charge in [0.25, 0.3) is 0 Å². The third-order valence-electron chi connectivity index (χ3n) is 4.06. The first-order chi connectivity index (χ1) is 11.9. The standard InChI is InChI=1S/C17H24ClN3O4/c1-12(14-5-3-4-6-15(14)18)19-17(24)21-7-8-25-13(10-21)9-20(2)11-16(22)23/h3-6,12-13H,7-11H2,1-2H3,(H,19,24)(H,22,23)/t12-,13?/m1/s1. The van der Waals surface area contributed by atoms with E-state index in [0.29, 0.717) is 31.3 Å². The molecule has 2 amide bonds. The molecule has 0 aliphatic carbocycles. The molecule has 1 aromatic carbocycles. The number of carboxylic acid groups (broad SMARTS) is 1. The van der Waals surface area contributed by atoms with Gasteiger partial charge in [0.2, 0.25) is 0 Å². The lowest BCUT2D eigenvalue weighted by Gasteiger charge is -2.35. The van der Waals surface area contributed by atoms with Crippen molar-refractivity contribution in [2.45, 2.75) is 19.1 Å². The largest absolute Gasteiger partial charge is 0.480 e. The van der Waals surface area contributed by atoms with Gasteiger partial charge in [-0.1, -0.05) is 29.8 Å². The third-order valence-corrected chi connectivity index (χ3v) is 4.40. The molecule has 1 aliphatic rings. The van der Waals surface area contributed by atoms with Crippen molar-refractivity contribution in [3.05, 3.63) is 34.9 Å². The van der Waals surface area contributed by atoms with Gasteiger partial charge in [-0.25, -0.2) is 4.79 Å². The molecule has 1 aromatic rings. The van der Waals surface area contributed by atoms with Crippen LogP contribution >= 0.6 is 11.6 Å². The van der Waals surface area contributed by atoms with Crippen LogP contribution in [0.5, 0.6) is 0 Å². The van der Waals surface area contributed by atoms with Crippen LogP contribution in [0.3, 0.4) is 0 Å². The maximum Gasteiger partial charge on any atom is 0.318 e. The summed E-state index contributed by atoms with van der Waals surface area (Å²) < 4.78 is 5.64. The number of likely N-dealkylation sites (N-methyl/N-ethyl adjacent to an activating group) is 1. The van der Waals surface area contributed by atoms with E-state index in [4.69, 9.17) is 21.4 Å². The van der Waals surface area contributed by atoms with Crippen molar-refractivity contribution in [2.75, 3.05) is 39.8 Å². The van der Waals surface area contributed by atoms with Crippen LogP contribution in [0.2, 0.25) is 5.02 Å². The van der Waals surface area contributed by atoms with Gasteiger partial charge in [-0.05, 0) is 25.6 Å². The Morgan fingerprint density at radius 3 is 2.88 bits per heavy atom. The van der Waals surface area contributed by atoms with Gasteiger partial charge in [-0.2, -0.15) is 0 Å². The summed E-state index contributed by atoms with van der Waals surface area (Å²) in [5, 5.41) is 12.4. The highest BCUT2D eigenvalue weighted by Crippen LogP contribution is 2.22. The average Bonchev–Trinajstić information content (AvgIpc) is 2.54. The van der Waals surface area contributed by atoms with Crippen LogP contribution in [0.4, 0.5) is 4.79 Å². The number of amides is 2. The van der Waals surface area contributed by atoms with Gasteiger partial charge in [0.1, 0.15) is 0 Å². The number of morpholine rings is 1. The van der Waals surface area contributed by atoms with Gasteiger partial charge < -0.3 is 20.1 Å². The van der Waals surface area contributed by atoms with Crippen LogP contribution in [-0.2, 0) is 9.53 Å². The summed E-state index contributed by atoms with van der Waals surface area (Å²) in [4.78, 5) is 26.6. The van der Waals surface area contributed by atoms with E-state index in [1.54, 1.807) is 22.9 Å². The predicted molar refractivity (Wildman–Crippen MR) is 94.8 cm³/mol. The first kappa shape index (κ1) is 19.5. The average molecular weight is 370 g/mol. The Hall–Kier alpha value is -1.83. The number of aliphatic carboxylic acids is 1. The van der Waals surface area contributed by atoms with Crippen LogP contribution in [0.15, 0.2) is 24.3 Å². The molecule has 0 radical (unpaired) electrons. The van der Waals surface area contributed by atoms with Crippen molar-refractivity contribution in [3.63, 3.8) is 0 Å². The first-order valence-electron chi connectivity index (χ1n) is 8.18. The molecule has 1 unspecified atom stereocenters. The molecule has 2 N–H and O–H groups in total. The zero-order valence-electron chi connectivity index (χ0n) is 14.4. The van der Waals surface area contributed by atoms with Gasteiger partial charge in [0.05, 0.1) is 25.3 Å². The van der Waals surface area contributed by atoms with E-state index in [-0.39, 0.29) is 24.7 Å². The quantitative estimate of drug-likeness (QED) is 0.799. The van der Waals surface area contributed by atoms with Gasteiger partial charge >= 0.3 is 12.0 Å². The molecule has 2 atom stereocenters. The van der Waals surface area contributed by atoms with Crippen molar-refractivity contribution in [1.29, 1.82) is 0 Å². The van der Waals surface area contributed by atoms with Crippen molar-refractivity contribution in [1.82, 2.24) is 15.1 Å². The Balaban J connectivity index is 1.88. The molecule has 0 bridgehead atoms. The Bertz CT molecular complexity index is 613. The van der Waals surface area contributed by atoms with E-state index in [1.807, 2.05) is 25.1 Å². The predicted octanol–water partition coefficient (Wildman–Crippen LogP) is 1.83. The second kappa shape index (κ2) is 9.03. The fraction of sp³-hybridized carbons (Fsp3) is 0.529. The molecule has 1 fully saturated rings. The molecule has 8 heteroatoms. The number of nitrogens with zero attached hydrogens (tertiary/aromatic N) is 2. The number of ether oxygens (including phenoxy) is 1. The lowest BCUT2D eigenvalue weighted by molar-refractivity contribution is -0.138. The zero-order chi connectivity index (χ0) is 18.4. The number of nitrogens with one attached hydrogen (secondary N) is 1. The van der Waals surface area contributed by atoms with Crippen LogP contribution in [0, 0.1) is 0 Å². The molecule has 2 rings (SSSR count). The minimum absolute atomic E-state index is 0.0599. The molecule has 1 saturated heterocycles. The topological polar surface area (TPSA) is 82.1 Å². The second-order valence-electron chi connectivity index (χ2n) is 6.22. The fourth-order valence-corrected chi connectivity index (χ4v) is 3.14. The lowest BCUT2D eigenvalue weighted by Crippen LogP contribution is -2.52. The maximum atomic E-state index is 12.5. The summed E-state index contributed by atoms with van der Waals surface area (Å²) in [5.41, 5.74) is 0.864. The second-order valence-corrected chi connectivity index (χ2v) is 6.63. The number of hydrogen-bond acceptors (Lipinski definition) is 4. The highest BCUT2D eigenvalue weighted by atomic mass is 35.5. The molecule has 1 heterocycles. The molecule has 138 valence electrons. The highest BCUT2D eigenvalue weighted by molar-refractivity contribution is 6.31. The summed E-state index contributed by atoms with van der Waals surface area (Å²) >= 11 is 6.17. The minimum Gasteiger partial charge on any atom is -0.480 e. The van der Waals surface area contributed by atoms with Gasteiger partial charge in [0.15, 0.2) is 0 Å². The van der Waals surface area contributed by atoms with Crippen molar-refractivity contribution < 1.29 is 19.4 Å². The number of carbonyl (C=O) groups is 2. The lowest BCUT2D eigenvalue weighted by atomic mass is 10.1. The van der Waals surface area contributed by atoms with Crippen LogP contribution in [-0.4, -0.2) is 72.8 Å². The fourth-order valence-electron chi connectivity index (χ4n) is 2.84. The molecule has 0 spiro atoms. The monoisotopic (exact) mass is 369 g/mol. The summed E-state index contributed by atoms with van der Waals surface area (Å²) in [6, 6.07) is 7.02. The van der Waals surface area contributed by atoms with E-state index in [9.17, 15) is 9.59 Å². The number of hydrogen-bond donors (Lipinski definition) is 2. The molecule has 25 heavy (non-hydrogen) atoms. The number of carboxylic acids is 1. The zero-order valence-corrected chi connectivity index (χ0v) is 15.2. The van der Waals surface area contributed by atoms with Crippen LogP contribution < -0.4 is 5.32 Å². The van der Waals surface area contributed by atoms with Crippen molar-refractivity contribution >= 4 is 23.6 Å². The molecular weight excluding hydrogens is 346 g/mol. The number of urea groups is 1. The minimum atomic E-state index is -0.888. The van der Waals surface area contributed by atoms with Gasteiger partial charge in [0, 0.05) is 24.7 Å². The van der Waals surface area contributed by atoms with Gasteiger partial charge in [-0.15, -0.1) is 0 Å². The van der Waals surface area contributed by atoms with Crippen molar-refractivity contribution in [2.24, 2.45) is 0 Å². The van der Waals surface area contributed by atoms with Crippen molar-refractivity contribution in [3.8, 4) is 0 Å². The Labute approximate surface area is 152 Å². The third kappa shape index (κ3) is 5.88. The van der Waals surface area contributed by atoms with Gasteiger partial charge in [-0.3, -0.25) is 9.69 Å². The summed E-state index contributed by atoms with van der Waals surface area (Å²) in [6.45, 7) is 3.63. The molecule has 0 saturated carbocycles. The van der Waals surface area contributed by atoms with E-state index < -0.39 is 5.97 Å². The number of rotatable bonds is 6. The smallest absolute Gasteiger partial charge is 0.318 e. The Morgan fingerprint density at radius 2 is 2.20 bits per heavy atom. The molecule has 0 aromatic heterocycles. The summed E-state index contributed by atoms with van der Waals surface area (Å²) in [6.07, 6.45) is -0.209. The van der Waals surface area contributed by atoms with E-state index >= 15 is 0 Å². The summed E-state index contributed by atoms with van der Waals surface area (Å²) in [7, 11) is 1.72. The molecule has 1 aliphatic heterocycles. The highest BCUT2D eigenvalue weighted by Gasteiger charge is 2.26. The van der Waals surface area contributed by atoms with E-state index in [2.05, 4.69) is 5.32 Å². The number of halogens is 1. The van der Waals surface area contributed by atoms with E-state index in [0.717, 1.165) is 5.56 Å². The van der Waals surface area contributed by atoms with Crippen LogP contribution in [0.25, 0.3) is 0 Å². The number of carbonyl (C=O) groups excluding carboxylic acids is 1. The molecule has 7 nitrogen and oxygen atoms in total. The SMILES string of the molecule is C[C@@H](NC(=O)N1CCOC(CN(C)CC(=O)O)C1)c1ccccc1Cl. The maximum absolute atomic E-state index is 12.5. The number of benzene rings is 1. The normalized spacial score (nSPS) is 18.9.